The summed E-state index contributed by atoms with van der Waals surface area (Å²) in [5, 5.41) is 2.72. The summed E-state index contributed by atoms with van der Waals surface area (Å²) < 4.78 is 18.6. The van der Waals surface area contributed by atoms with Crippen molar-refractivity contribution in [3.05, 3.63) is 59.9 Å². The van der Waals surface area contributed by atoms with Gasteiger partial charge in [-0.3, -0.25) is 14.5 Å². The van der Waals surface area contributed by atoms with Gasteiger partial charge in [0.05, 0.1) is 6.54 Å². The molecule has 1 saturated heterocycles. The van der Waals surface area contributed by atoms with Crippen molar-refractivity contribution in [3.8, 4) is 11.5 Å². The normalized spacial score (nSPS) is 15.2. The van der Waals surface area contributed by atoms with E-state index >= 15 is 0 Å². The van der Waals surface area contributed by atoms with Crippen molar-refractivity contribution in [1.82, 2.24) is 10.2 Å². The molecule has 2 aromatic rings. The first-order valence-electron chi connectivity index (χ1n) is 8.91. The lowest BCUT2D eigenvalue weighted by Crippen LogP contribution is -2.48. The number of nitrogens with one attached hydrogen (secondary N) is 1. The number of rotatable bonds is 8. The third-order valence-electron chi connectivity index (χ3n) is 4.28. The second-order valence-corrected chi connectivity index (χ2v) is 7.59. The van der Waals surface area contributed by atoms with Gasteiger partial charge in [0, 0.05) is 24.6 Å². The molecule has 0 aromatic heterocycles. The third-order valence-corrected chi connectivity index (χ3v) is 5.30. The molecule has 148 valence electrons. The Kier molecular flexibility index (Phi) is 6.89. The predicted molar refractivity (Wildman–Crippen MR) is 107 cm³/mol. The molecular formula is C20H22FN3O3S. The Morgan fingerprint density at radius 2 is 1.79 bits per heavy atom. The number of hydrogen-bond donors (Lipinski definition) is 2. The van der Waals surface area contributed by atoms with Gasteiger partial charge in [-0.05, 0) is 42.0 Å². The van der Waals surface area contributed by atoms with E-state index in [0.717, 1.165) is 23.7 Å². The molecule has 0 radical (unpaired) electrons. The minimum atomic E-state index is -0.772. The number of benzene rings is 2. The van der Waals surface area contributed by atoms with Crippen LogP contribution in [0.2, 0.25) is 0 Å². The Bertz CT molecular complexity index is 808. The molecule has 1 unspecified atom stereocenters. The molecule has 3 N–H and O–H groups in total. The molecule has 1 aliphatic rings. The van der Waals surface area contributed by atoms with E-state index in [-0.39, 0.29) is 18.3 Å². The van der Waals surface area contributed by atoms with E-state index in [2.05, 4.69) is 5.32 Å². The van der Waals surface area contributed by atoms with Gasteiger partial charge in [0.1, 0.15) is 23.4 Å². The highest BCUT2D eigenvalue weighted by molar-refractivity contribution is 7.99. The first-order chi connectivity index (χ1) is 13.5. The van der Waals surface area contributed by atoms with E-state index in [1.165, 1.54) is 12.1 Å². The van der Waals surface area contributed by atoms with E-state index in [0.29, 0.717) is 17.9 Å². The van der Waals surface area contributed by atoms with E-state index in [4.69, 9.17) is 10.5 Å². The summed E-state index contributed by atoms with van der Waals surface area (Å²) in [7, 11) is 0. The smallest absolute Gasteiger partial charge is 0.240 e. The lowest BCUT2D eigenvalue weighted by atomic mass is 10.1. The minimum absolute atomic E-state index is 0.206. The predicted octanol–water partition coefficient (Wildman–Crippen LogP) is 2.14. The molecule has 2 aromatic carbocycles. The van der Waals surface area contributed by atoms with Crippen LogP contribution in [0.25, 0.3) is 0 Å². The van der Waals surface area contributed by atoms with Crippen LogP contribution in [-0.4, -0.2) is 47.5 Å². The van der Waals surface area contributed by atoms with Crippen LogP contribution >= 0.6 is 11.8 Å². The van der Waals surface area contributed by atoms with E-state index < -0.39 is 11.9 Å². The number of thioether (sulfide) groups is 1. The summed E-state index contributed by atoms with van der Waals surface area (Å²) in [5.74, 6) is 1.84. The summed E-state index contributed by atoms with van der Waals surface area (Å²) in [6.45, 7) is 1.13. The highest BCUT2D eigenvalue weighted by Crippen LogP contribution is 2.22. The SMILES string of the molecule is NC(=O)C(Cc1ccc(Oc2ccc(F)cc2)cc1)NC(=O)CN1CCSC1. The summed E-state index contributed by atoms with van der Waals surface area (Å²) in [6.07, 6.45) is 0.298. The number of halogens is 1. The number of carbonyl (C=O) groups excluding carboxylic acids is 2. The number of primary amides is 1. The maximum absolute atomic E-state index is 12.9. The molecule has 0 saturated carbocycles. The van der Waals surface area contributed by atoms with Crippen LogP contribution in [0, 0.1) is 5.82 Å². The first kappa shape index (κ1) is 20.2. The highest BCUT2D eigenvalue weighted by Gasteiger charge is 2.21. The summed E-state index contributed by atoms with van der Waals surface area (Å²) in [4.78, 5) is 25.9. The second-order valence-electron chi connectivity index (χ2n) is 6.52. The molecule has 3 rings (SSSR count). The molecule has 1 atom stereocenters. The van der Waals surface area contributed by atoms with E-state index in [1.807, 2.05) is 4.90 Å². The number of hydrogen-bond acceptors (Lipinski definition) is 5. The average Bonchev–Trinajstić information content (AvgIpc) is 3.17. The number of carbonyl (C=O) groups is 2. The van der Waals surface area contributed by atoms with Crippen molar-refractivity contribution in [2.45, 2.75) is 12.5 Å². The van der Waals surface area contributed by atoms with Gasteiger partial charge >= 0.3 is 0 Å². The van der Waals surface area contributed by atoms with Crippen LogP contribution in [0.5, 0.6) is 11.5 Å². The number of nitrogens with zero attached hydrogens (tertiary/aromatic N) is 1. The fraction of sp³-hybridized carbons (Fsp3) is 0.300. The van der Waals surface area contributed by atoms with Gasteiger partial charge < -0.3 is 15.8 Å². The van der Waals surface area contributed by atoms with Gasteiger partial charge in [0.25, 0.3) is 0 Å². The van der Waals surface area contributed by atoms with Gasteiger partial charge in [-0.2, -0.15) is 0 Å². The zero-order valence-corrected chi connectivity index (χ0v) is 16.1. The maximum Gasteiger partial charge on any atom is 0.240 e. The second kappa shape index (κ2) is 9.57. The Labute approximate surface area is 167 Å². The zero-order valence-electron chi connectivity index (χ0n) is 15.3. The van der Waals surface area contributed by atoms with Crippen molar-refractivity contribution in [1.29, 1.82) is 0 Å². The Morgan fingerprint density at radius 3 is 2.36 bits per heavy atom. The van der Waals surface area contributed by atoms with Crippen LogP contribution in [0.1, 0.15) is 5.56 Å². The fourth-order valence-corrected chi connectivity index (χ4v) is 3.81. The Balaban J connectivity index is 1.56. The van der Waals surface area contributed by atoms with Crippen LogP contribution in [0.3, 0.4) is 0 Å². The molecule has 1 aliphatic heterocycles. The van der Waals surface area contributed by atoms with Gasteiger partial charge in [0.15, 0.2) is 0 Å². The van der Waals surface area contributed by atoms with Crippen LogP contribution in [0.4, 0.5) is 4.39 Å². The van der Waals surface area contributed by atoms with E-state index in [9.17, 15) is 14.0 Å². The van der Waals surface area contributed by atoms with E-state index in [1.54, 1.807) is 48.2 Å². The topological polar surface area (TPSA) is 84.7 Å². The molecule has 8 heteroatoms. The molecule has 0 spiro atoms. The van der Waals surface area contributed by atoms with Crippen molar-refractivity contribution < 1.29 is 18.7 Å². The number of amides is 2. The van der Waals surface area contributed by atoms with Crippen LogP contribution in [0.15, 0.2) is 48.5 Å². The quantitative estimate of drug-likeness (QED) is 0.706. The van der Waals surface area contributed by atoms with Crippen LogP contribution in [-0.2, 0) is 16.0 Å². The number of ether oxygens (including phenoxy) is 1. The van der Waals surface area contributed by atoms with Crippen LogP contribution < -0.4 is 15.8 Å². The molecule has 28 heavy (non-hydrogen) atoms. The van der Waals surface area contributed by atoms with Gasteiger partial charge in [-0.1, -0.05) is 12.1 Å². The summed E-state index contributed by atoms with van der Waals surface area (Å²) >= 11 is 1.78. The Morgan fingerprint density at radius 1 is 1.14 bits per heavy atom. The zero-order chi connectivity index (χ0) is 19.9. The number of nitrogens with two attached hydrogens (primary N) is 1. The average molecular weight is 403 g/mol. The first-order valence-corrected chi connectivity index (χ1v) is 10.1. The lowest BCUT2D eigenvalue weighted by Gasteiger charge is -2.18. The van der Waals surface area contributed by atoms with Crippen molar-refractivity contribution in [2.24, 2.45) is 5.73 Å². The molecular weight excluding hydrogens is 381 g/mol. The molecule has 1 fully saturated rings. The minimum Gasteiger partial charge on any atom is -0.457 e. The molecule has 0 aliphatic carbocycles. The van der Waals surface area contributed by atoms with Crippen molar-refractivity contribution >= 4 is 23.6 Å². The standard InChI is InChI=1S/C20H22FN3O3S/c21-15-3-7-17(8-4-15)27-16-5-1-14(2-6-16)11-18(20(22)26)23-19(25)12-24-9-10-28-13-24/h1-8,18H,9-13H2,(H2,22,26)(H,23,25). The van der Waals surface area contributed by atoms with Gasteiger partial charge in [0.2, 0.25) is 11.8 Å². The summed E-state index contributed by atoms with van der Waals surface area (Å²) in [5.41, 5.74) is 6.30. The fourth-order valence-electron chi connectivity index (χ4n) is 2.81. The van der Waals surface area contributed by atoms with Crippen molar-refractivity contribution in [2.75, 3.05) is 24.7 Å². The maximum atomic E-state index is 12.9. The molecule has 2 amide bonds. The van der Waals surface area contributed by atoms with Crippen molar-refractivity contribution in [3.63, 3.8) is 0 Å². The molecule has 0 bridgehead atoms. The lowest BCUT2D eigenvalue weighted by molar-refractivity contribution is -0.127. The molecule has 1 heterocycles. The largest absolute Gasteiger partial charge is 0.457 e. The molecule has 6 nitrogen and oxygen atoms in total. The Hall–Kier alpha value is -2.58. The van der Waals surface area contributed by atoms with Gasteiger partial charge in [-0.15, -0.1) is 11.8 Å². The highest BCUT2D eigenvalue weighted by atomic mass is 32.2. The summed E-state index contributed by atoms with van der Waals surface area (Å²) in [6, 6.07) is 12.1. The third kappa shape index (κ3) is 5.97. The van der Waals surface area contributed by atoms with Gasteiger partial charge in [-0.25, -0.2) is 4.39 Å². The monoisotopic (exact) mass is 403 g/mol.